The molecule has 3 heterocycles. The molecule has 16 heavy (non-hydrogen) atoms. The molecule has 0 fully saturated rings. The maximum Gasteiger partial charge on any atom is 0.154 e. The smallest absolute Gasteiger partial charge is 0.154 e. The minimum Gasteiger partial charge on any atom is -0.367 e. The van der Waals surface area contributed by atoms with Crippen molar-refractivity contribution in [3.63, 3.8) is 0 Å². The van der Waals surface area contributed by atoms with E-state index in [4.69, 9.17) is 0 Å². The monoisotopic (exact) mass is 208 g/mol. The summed E-state index contributed by atoms with van der Waals surface area (Å²) in [4.78, 5) is 7.17. The molecule has 0 aromatic carbocycles. The SMILES string of the molecule is C(#Cc1cnc2cccnn12)c1cc[nH]c1. The van der Waals surface area contributed by atoms with E-state index in [9.17, 15) is 0 Å². The second kappa shape index (κ2) is 3.55. The van der Waals surface area contributed by atoms with Gasteiger partial charge in [-0.1, -0.05) is 5.92 Å². The van der Waals surface area contributed by atoms with Crippen LogP contribution in [0.3, 0.4) is 0 Å². The molecule has 3 rings (SSSR count). The molecular weight excluding hydrogens is 200 g/mol. The van der Waals surface area contributed by atoms with E-state index in [0.29, 0.717) is 0 Å². The Hall–Kier alpha value is -2.54. The highest BCUT2D eigenvalue weighted by molar-refractivity contribution is 5.45. The van der Waals surface area contributed by atoms with Crippen LogP contribution in [0.25, 0.3) is 5.65 Å². The number of nitrogens with zero attached hydrogens (tertiary/aromatic N) is 3. The third-order valence-corrected chi connectivity index (χ3v) is 2.21. The Kier molecular flexibility index (Phi) is 1.94. The van der Waals surface area contributed by atoms with Crippen LogP contribution >= 0.6 is 0 Å². The zero-order chi connectivity index (χ0) is 10.8. The Morgan fingerprint density at radius 2 is 2.25 bits per heavy atom. The standard InChI is InChI=1S/C12H8N4/c1-2-12-14-9-11(16(12)15-6-1)4-3-10-5-7-13-8-10/h1-2,5-9,13H. The van der Waals surface area contributed by atoms with Crippen LogP contribution in [0.4, 0.5) is 0 Å². The van der Waals surface area contributed by atoms with E-state index in [1.165, 1.54) is 0 Å². The van der Waals surface area contributed by atoms with Gasteiger partial charge in [-0.3, -0.25) is 0 Å². The first-order valence-electron chi connectivity index (χ1n) is 4.87. The molecule has 1 N–H and O–H groups in total. The molecule has 4 heteroatoms. The Morgan fingerprint density at radius 1 is 1.25 bits per heavy atom. The largest absolute Gasteiger partial charge is 0.367 e. The quantitative estimate of drug-likeness (QED) is 0.568. The topological polar surface area (TPSA) is 46.0 Å². The Morgan fingerprint density at radius 3 is 3.12 bits per heavy atom. The molecule has 0 radical (unpaired) electrons. The third-order valence-electron chi connectivity index (χ3n) is 2.21. The summed E-state index contributed by atoms with van der Waals surface area (Å²) in [5, 5.41) is 4.18. The van der Waals surface area contributed by atoms with Gasteiger partial charge in [-0.05, 0) is 24.1 Å². The van der Waals surface area contributed by atoms with Gasteiger partial charge in [0.25, 0.3) is 0 Å². The first kappa shape index (κ1) is 8.74. The number of H-pyrrole nitrogens is 1. The van der Waals surface area contributed by atoms with Crippen LogP contribution in [0.15, 0.2) is 43.0 Å². The van der Waals surface area contributed by atoms with Crippen molar-refractivity contribution in [1.29, 1.82) is 0 Å². The number of aromatic nitrogens is 4. The summed E-state index contributed by atoms with van der Waals surface area (Å²) in [5.41, 5.74) is 2.54. The lowest BCUT2D eigenvalue weighted by atomic mass is 10.3. The van der Waals surface area contributed by atoms with Crippen molar-refractivity contribution in [3.8, 4) is 11.8 Å². The Balaban J connectivity index is 2.07. The van der Waals surface area contributed by atoms with Gasteiger partial charge in [0.1, 0.15) is 5.69 Å². The zero-order valence-electron chi connectivity index (χ0n) is 8.38. The molecule has 4 nitrogen and oxygen atoms in total. The highest BCUT2D eigenvalue weighted by atomic mass is 15.2. The van der Waals surface area contributed by atoms with Crippen LogP contribution in [-0.2, 0) is 0 Å². The minimum absolute atomic E-state index is 0.789. The predicted octanol–water partition coefficient (Wildman–Crippen LogP) is 1.46. The van der Waals surface area contributed by atoms with Crippen molar-refractivity contribution in [1.82, 2.24) is 19.6 Å². The Bertz CT molecular complexity index is 668. The molecule has 76 valence electrons. The Labute approximate surface area is 92.0 Å². The van der Waals surface area contributed by atoms with Gasteiger partial charge in [0, 0.05) is 24.2 Å². The summed E-state index contributed by atoms with van der Waals surface area (Å²) in [6.45, 7) is 0. The van der Waals surface area contributed by atoms with Crippen molar-refractivity contribution in [2.45, 2.75) is 0 Å². The molecule has 0 atom stereocenters. The van der Waals surface area contributed by atoms with Crippen LogP contribution in [0, 0.1) is 11.8 Å². The molecule has 0 bridgehead atoms. The van der Waals surface area contributed by atoms with Crippen LogP contribution in [0.5, 0.6) is 0 Å². The summed E-state index contributed by atoms with van der Waals surface area (Å²) < 4.78 is 1.72. The summed E-state index contributed by atoms with van der Waals surface area (Å²) in [6, 6.07) is 5.67. The van der Waals surface area contributed by atoms with Crippen LogP contribution in [0.1, 0.15) is 11.3 Å². The molecule has 3 aromatic heterocycles. The van der Waals surface area contributed by atoms with E-state index < -0.39 is 0 Å². The van der Waals surface area contributed by atoms with E-state index in [0.717, 1.165) is 16.9 Å². The van der Waals surface area contributed by atoms with Crippen LogP contribution < -0.4 is 0 Å². The summed E-state index contributed by atoms with van der Waals surface area (Å²) in [5.74, 6) is 6.08. The van der Waals surface area contributed by atoms with Gasteiger partial charge in [0.15, 0.2) is 5.65 Å². The van der Waals surface area contributed by atoms with Gasteiger partial charge in [0.05, 0.1) is 6.20 Å². The molecule has 0 saturated heterocycles. The van der Waals surface area contributed by atoms with Gasteiger partial charge in [0.2, 0.25) is 0 Å². The first-order chi connectivity index (χ1) is 7.93. The molecule has 0 aliphatic carbocycles. The van der Waals surface area contributed by atoms with Gasteiger partial charge in [-0.2, -0.15) is 5.10 Å². The highest BCUT2D eigenvalue weighted by Crippen LogP contribution is 2.02. The van der Waals surface area contributed by atoms with E-state index in [2.05, 4.69) is 26.9 Å². The lowest BCUT2D eigenvalue weighted by Crippen LogP contribution is -1.92. The average Bonchev–Trinajstić information content (AvgIpc) is 2.96. The number of rotatable bonds is 0. The minimum atomic E-state index is 0.789. The molecule has 0 amide bonds. The number of imidazole rings is 1. The maximum absolute atomic E-state index is 4.21. The van der Waals surface area contributed by atoms with E-state index in [-0.39, 0.29) is 0 Å². The third kappa shape index (κ3) is 1.44. The second-order valence-electron chi connectivity index (χ2n) is 3.29. The second-order valence-corrected chi connectivity index (χ2v) is 3.29. The van der Waals surface area contributed by atoms with Crippen LogP contribution in [-0.4, -0.2) is 19.6 Å². The zero-order valence-corrected chi connectivity index (χ0v) is 8.38. The van der Waals surface area contributed by atoms with E-state index in [1.54, 1.807) is 16.9 Å². The fraction of sp³-hybridized carbons (Fsp3) is 0. The maximum atomic E-state index is 4.21. The molecule has 3 aromatic rings. The predicted molar refractivity (Wildman–Crippen MR) is 59.8 cm³/mol. The molecule has 0 aliphatic rings. The molecular formula is C12H8N4. The molecule has 0 saturated carbocycles. The lowest BCUT2D eigenvalue weighted by molar-refractivity contribution is 0.923. The summed E-state index contributed by atoms with van der Waals surface area (Å²) in [7, 11) is 0. The van der Waals surface area contributed by atoms with Gasteiger partial charge in [-0.25, -0.2) is 9.50 Å². The first-order valence-corrected chi connectivity index (χ1v) is 4.87. The average molecular weight is 208 g/mol. The fourth-order valence-electron chi connectivity index (χ4n) is 1.45. The van der Waals surface area contributed by atoms with Gasteiger partial charge >= 0.3 is 0 Å². The van der Waals surface area contributed by atoms with Crippen molar-refractivity contribution < 1.29 is 0 Å². The summed E-state index contributed by atoms with van der Waals surface area (Å²) >= 11 is 0. The van der Waals surface area contributed by atoms with Gasteiger partial charge in [-0.15, -0.1) is 0 Å². The lowest BCUT2D eigenvalue weighted by Gasteiger charge is -1.90. The fourth-order valence-corrected chi connectivity index (χ4v) is 1.45. The van der Waals surface area contributed by atoms with Crippen molar-refractivity contribution in [3.05, 3.63) is 54.2 Å². The highest BCUT2D eigenvalue weighted by Gasteiger charge is 1.98. The summed E-state index contributed by atoms with van der Waals surface area (Å²) in [6.07, 6.45) is 7.14. The number of aromatic amines is 1. The van der Waals surface area contributed by atoms with Crippen molar-refractivity contribution in [2.75, 3.05) is 0 Å². The number of hydrogen-bond donors (Lipinski definition) is 1. The van der Waals surface area contributed by atoms with Gasteiger partial charge < -0.3 is 4.98 Å². The van der Waals surface area contributed by atoms with E-state index >= 15 is 0 Å². The van der Waals surface area contributed by atoms with Crippen molar-refractivity contribution in [2.24, 2.45) is 0 Å². The molecule has 0 unspecified atom stereocenters. The number of fused-ring (bicyclic) bond motifs is 1. The molecule has 0 aliphatic heterocycles. The van der Waals surface area contributed by atoms with Crippen molar-refractivity contribution >= 4 is 5.65 Å². The number of nitrogens with one attached hydrogen (secondary N) is 1. The number of hydrogen-bond acceptors (Lipinski definition) is 2. The normalized spacial score (nSPS) is 10.0. The molecule has 0 spiro atoms. The van der Waals surface area contributed by atoms with E-state index in [1.807, 2.05) is 30.6 Å². The van der Waals surface area contributed by atoms with Crippen LogP contribution in [0.2, 0.25) is 0 Å².